The van der Waals surface area contributed by atoms with Gasteiger partial charge in [0.05, 0.1) is 5.69 Å². The Kier molecular flexibility index (Phi) is 8.84. The fraction of sp³-hybridized carbons (Fsp3) is 0.391. The number of benzene rings is 2. The molecule has 0 aliphatic heterocycles. The van der Waals surface area contributed by atoms with Crippen LogP contribution in [0.1, 0.15) is 56.7 Å². The second-order valence-corrected chi connectivity index (χ2v) is 9.31. The molecule has 0 aromatic heterocycles. The molecule has 180 valence electrons. The SMILES string of the molecule is CCCCNS(=O)(=O)Nc1cc(CC)cc(C(CC)(Nc2ccc(C(=N)N)cc2)C(=O)O)c1. The van der Waals surface area contributed by atoms with Crippen LogP contribution >= 0.6 is 0 Å². The summed E-state index contributed by atoms with van der Waals surface area (Å²) in [6.45, 7) is 5.95. The van der Waals surface area contributed by atoms with Gasteiger partial charge in [-0.05, 0) is 66.8 Å². The van der Waals surface area contributed by atoms with Crippen molar-refractivity contribution in [1.82, 2.24) is 4.72 Å². The van der Waals surface area contributed by atoms with Crippen LogP contribution in [-0.4, -0.2) is 31.9 Å². The van der Waals surface area contributed by atoms with Gasteiger partial charge in [-0.2, -0.15) is 13.1 Å². The van der Waals surface area contributed by atoms with Gasteiger partial charge >= 0.3 is 5.97 Å². The number of carboxylic acids is 1. The summed E-state index contributed by atoms with van der Waals surface area (Å²) in [5.41, 5.74) is 6.58. The summed E-state index contributed by atoms with van der Waals surface area (Å²) in [7, 11) is -3.79. The third kappa shape index (κ3) is 6.69. The van der Waals surface area contributed by atoms with E-state index in [1.807, 2.05) is 13.8 Å². The number of carboxylic acid groups (broad SMARTS) is 1. The summed E-state index contributed by atoms with van der Waals surface area (Å²) < 4.78 is 29.9. The first-order chi connectivity index (χ1) is 15.6. The minimum atomic E-state index is -3.79. The molecule has 0 heterocycles. The predicted molar refractivity (Wildman–Crippen MR) is 132 cm³/mol. The summed E-state index contributed by atoms with van der Waals surface area (Å²) in [6.07, 6.45) is 2.36. The van der Waals surface area contributed by atoms with Crippen molar-refractivity contribution in [1.29, 1.82) is 5.41 Å². The zero-order valence-electron chi connectivity index (χ0n) is 19.2. The number of carbonyl (C=O) groups is 1. The first kappa shape index (κ1) is 26.1. The highest BCUT2D eigenvalue weighted by Crippen LogP contribution is 2.33. The van der Waals surface area contributed by atoms with Gasteiger partial charge in [0.25, 0.3) is 10.2 Å². The van der Waals surface area contributed by atoms with Crippen LogP contribution in [0.2, 0.25) is 0 Å². The Morgan fingerprint density at radius 1 is 1.09 bits per heavy atom. The van der Waals surface area contributed by atoms with E-state index in [0.29, 0.717) is 41.9 Å². The highest BCUT2D eigenvalue weighted by Gasteiger charge is 2.39. The third-order valence-electron chi connectivity index (χ3n) is 5.42. The molecule has 2 rings (SSSR count). The van der Waals surface area contributed by atoms with Crippen LogP contribution in [0.15, 0.2) is 42.5 Å². The predicted octanol–water partition coefficient (Wildman–Crippen LogP) is 3.38. The second kappa shape index (κ2) is 11.2. The molecular weight excluding hydrogens is 442 g/mol. The van der Waals surface area contributed by atoms with Crippen LogP contribution in [0.5, 0.6) is 0 Å². The van der Waals surface area contributed by atoms with Gasteiger partial charge in [0.15, 0.2) is 5.54 Å². The van der Waals surface area contributed by atoms with Crippen molar-refractivity contribution in [2.75, 3.05) is 16.6 Å². The van der Waals surface area contributed by atoms with Crippen molar-refractivity contribution >= 4 is 33.4 Å². The average molecular weight is 476 g/mol. The van der Waals surface area contributed by atoms with Crippen molar-refractivity contribution < 1.29 is 18.3 Å². The van der Waals surface area contributed by atoms with Crippen LogP contribution in [0, 0.1) is 5.41 Å². The normalized spacial score (nSPS) is 13.2. The van der Waals surface area contributed by atoms with Gasteiger partial charge in [-0.15, -0.1) is 0 Å². The zero-order chi connectivity index (χ0) is 24.6. The number of aryl methyl sites for hydroxylation is 1. The quantitative estimate of drug-likeness (QED) is 0.148. The molecule has 0 spiro atoms. The molecule has 7 N–H and O–H groups in total. The standard InChI is InChI=1S/C23H33N5O4S/c1-4-7-12-26-33(31,32)28-20-14-16(5-2)13-18(15-20)23(6-3,22(29)30)27-19-10-8-17(9-11-19)21(24)25/h8-11,13-15,26-28H,4-7,12H2,1-3H3,(H3,24,25)(H,29,30). The molecule has 0 aliphatic carbocycles. The van der Waals surface area contributed by atoms with E-state index in [4.69, 9.17) is 11.1 Å². The van der Waals surface area contributed by atoms with Gasteiger partial charge in [0, 0.05) is 17.8 Å². The van der Waals surface area contributed by atoms with Crippen molar-refractivity contribution in [3.05, 3.63) is 59.2 Å². The lowest BCUT2D eigenvalue weighted by molar-refractivity contribution is -0.142. The Balaban J connectivity index is 2.47. The number of nitrogens with one attached hydrogen (secondary N) is 4. The van der Waals surface area contributed by atoms with Crippen LogP contribution in [-0.2, 0) is 27.0 Å². The number of rotatable bonds is 13. The lowest BCUT2D eigenvalue weighted by atomic mass is 9.85. The molecule has 1 unspecified atom stereocenters. The molecule has 0 fully saturated rings. The van der Waals surface area contributed by atoms with E-state index in [0.717, 1.165) is 12.0 Å². The fourth-order valence-electron chi connectivity index (χ4n) is 3.45. The molecule has 2 aromatic carbocycles. The van der Waals surface area contributed by atoms with E-state index in [-0.39, 0.29) is 12.3 Å². The molecule has 9 nitrogen and oxygen atoms in total. The summed E-state index contributed by atoms with van der Waals surface area (Å²) in [5, 5.41) is 20.9. The van der Waals surface area contributed by atoms with Gasteiger partial charge in [0.1, 0.15) is 5.84 Å². The Labute approximate surface area is 195 Å². The molecule has 2 aromatic rings. The van der Waals surface area contributed by atoms with Gasteiger partial charge in [0.2, 0.25) is 0 Å². The summed E-state index contributed by atoms with van der Waals surface area (Å²) in [4.78, 5) is 12.5. The highest BCUT2D eigenvalue weighted by atomic mass is 32.2. The Morgan fingerprint density at radius 2 is 1.76 bits per heavy atom. The first-order valence-corrected chi connectivity index (χ1v) is 12.4. The minimum Gasteiger partial charge on any atom is -0.479 e. The largest absolute Gasteiger partial charge is 0.479 e. The lowest BCUT2D eigenvalue weighted by Crippen LogP contribution is -2.43. The Hall–Kier alpha value is -3.11. The Morgan fingerprint density at radius 3 is 2.27 bits per heavy atom. The first-order valence-electron chi connectivity index (χ1n) is 10.9. The number of aliphatic carboxylic acids is 1. The van der Waals surface area contributed by atoms with E-state index in [9.17, 15) is 18.3 Å². The van der Waals surface area contributed by atoms with E-state index >= 15 is 0 Å². The summed E-state index contributed by atoms with van der Waals surface area (Å²) in [5.74, 6) is -1.18. The van der Waals surface area contributed by atoms with E-state index in [1.54, 1.807) is 49.4 Å². The number of hydrogen-bond acceptors (Lipinski definition) is 5. The summed E-state index contributed by atoms with van der Waals surface area (Å²) in [6, 6.07) is 11.6. The molecule has 1 atom stereocenters. The van der Waals surface area contributed by atoms with Gasteiger partial charge in [-0.1, -0.05) is 33.3 Å². The van der Waals surface area contributed by atoms with Gasteiger partial charge < -0.3 is 16.2 Å². The maximum Gasteiger partial charge on any atom is 0.334 e. The van der Waals surface area contributed by atoms with Crippen LogP contribution in [0.25, 0.3) is 0 Å². The molecule has 0 aliphatic rings. The molecular formula is C23H33N5O4S. The van der Waals surface area contributed by atoms with Crippen LogP contribution < -0.4 is 20.5 Å². The molecule has 0 radical (unpaired) electrons. The Bertz CT molecular complexity index is 1090. The number of anilines is 2. The van der Waals surface area contributed by atoms with E-state index in [2.05, 4.69) is 14.8 Å². The number of amidine groups is 1. The number of nitrogen functional groups attached to an aromatic ring is 1. The van der Waals surface area contributed by atoms with Crippen molar-refractivity contribution in [2.45, 2.75) is 52.0 Å². The van der Waals surface area contributed by atoms with E-state index in [1.165, 1.54) is 0 Å². The molecule has 0 bridgehead atoms. The lowest BCUT2D eigenvalue weighted by Gasteiger charge is -2.32. The molecule has 0 amide bonds. The second-order valence-electron chi connectivity index (χ2n) is 7.81. The number of unbranched alkanes of at least 4 members (excludes halogenated alkanes) is 1. The minimum absolute atomic E-state index is 0.0818. The van der Waals surface area contributed by atoms with Gasteiger partial charge in [-0.3, -0.25) is 10.1 Å². The molecule has 33 heavy (non-hydrogen) atoms. The van der Waals surface area contributed by atoms with Crippen molar-refractivity contribution in [2.24, 2.45) is 5.73 Å². The zero-order valence-corrected chi connectivity index (χ0v) is 20.1. The third-order valence-corrected chi connectivity index (χ3v) is 6.51. The van der Waals surface area contributed by atoms with Crippen LogP contribution in [0.3, 0.4) is 0 Å². The maximum absolute atomic E-state index is 12.5. The van der Waals surface area contributed by atoms with Crippen molar-refractivity contribution in [3.63, 3.8) is 0 Å². The average Bonchev–Trinajstić information content (AvgIpc) is 2.77. The molecule has 0 saturated heterocycles. The van der Waals surface area contributed by atoms with E-state index < -0.39 is 21.7 Å². The fourth-order valence-corrected chi connectivity index (χ4v) is 4.36. The molecule has 10 heteroatoms. The molecule has 0 saturated carbocycles. The highest BCUT2D eigenvalue weighted by molar-refractivity contribution is 7.90. The topological polar surface area (TPSA) is 157 Å². The van der Waals surface area contributed by atoms with Gasteiger partial charge in [-0.25, -0.2) is 4.79 Å². The monoisotopic (exact) mass is 475 g/mol. The maximum atomic E-state index is 12.5. The van der Waals surface area contributed by atoms with Crippen molar-refractivity contribution in [3.8, 4) is 0 Å². The van der Waals surface area contributed by atoms with Crippen LogP contribution in [0.4, 0.5) is 11.4 Å². The number of hydrogen-bond donors (Lipinski definition) is 6. The number of nitrogens with two attached hydrogens (primary N) is 1. The smallest absolute Gasteiger partial charge is 0.334 e. The summed E-state index contributed by atoms with van der Waals surface area (Å²) >= 11 is 0.